The molecule has 0 aromatic carbocycles. The molecule has 1 rings (SSSR count). The maximum Gasteiger partial charge on any atom is 0.0591 e. The fraction of sp³-hybridized carbons (Fsp3) is 1.00. The van der Waals surface area contributed by atoms with Crippen molar-refractivity contribution in [2.24, 2.45) is 11.3 Å². The van der Waals surface area contributed by atoms with Crippen molar-refractivity contribution in [3.63, 3.8) is 0 Å². The van der Waals surface area contributed by atoms with Crippen LogP contribution in [0.3, 0.4) is 0 Å². The van der Waals surface area contributed by atoms with Gasteiger partial charge in [0.25, 0.3) is 0 Å². The second-order valence-electron chi connectivity index (χ2n) is 5.31. The van der Waals surface area contributed by atoms with Crippen LogP contribution in [0.5, 0.6) is 0 Å². The number of rotatable bonds is 7. The summed E-state index contributed by atoms with van der Waals surface area (Å²) in [5.41, 5.74) is 0.595. The van der Waals surface area contributed by atoms with E-state index in [0.29, 0.717) is 11.3 Å². The fourth-order valence-corrected chi connectivity index (χ4v) is 1.81. The Balaban J connectivity index is 1.84. The summed E-state index contributed by atoms with van der Waals surface area (Å²) in [4.78, 5) is 0. The number of nitrogens with one attached hydrogen (secondary N) is 1. The molecule has 0 heterocycles. The normalized spacial score (nSPS) is 19.7. The second-order valence-corrected chi connectivity index (χ2v) is 5.31. The molecule has 14 heavy (non-hydrogen) atoms. The molecule has 0 atom stereocenters. The van der Waals surface area contributed by atoms with E-state index in [-0.39, 0.29) is 0 Å². The number of hydrogen-bond donors (Lipinski definition) is 1. The van der Waals surface area contributed by atoms with Gasteiger partial charge in [-0.15, -0.1) is 0 Å². The van der Waals surface area contributed by atoms with E-state index in [4.69, 9.17) is 4.74 Å². The predicted octanol–water partition coefficient (Wildman–Crippen LogP) is 2.44. The molecule has 0 saturated heterocycles. The standard InChI is InChI=1S/C12H25NO/c1-11(2)9-14-8-7-13-10-12(3)5-4-6-12/h11,13H,4-10H2,1-3H3. The third-order valence-corrected chi connectivity index (χ3v) is 2.99. The molecule has 0 amide bonds. The molecular formula is C12H25NO. The highest BCUT2D eigenvalue weighted by molar-refractivity contribution is 4.84. The highest BCUT2D eigenvalue weighted by Crippen LogP contribution is 2.39. The smallest absolute Gasteiger partial charge is 0.0591 e. The van der Waals surface area contributed by atoms with Gasteiger partial charge in [-0.3, -0.25) is 0 Å². The van der Waals surface area contributed by atoms with E-state index in [9.17, 15) is 0 Å². The Labute approximate surface area is 88.4 Å². The molecule has 0 unspecified atom stereocenters. The first-order valence-corrected chi connectivity index (χ1v) is 5.91. The van der Waals surface area contributed by atoms with Crippen molar-refractivity contribution in [2.75, 3.05) is 26.3 Å². The van der Waals surface area contributed by atoms with E-state index in [1.807, 2.05) is 0 Å². The minimum Gasteiger partial charge on any atom is -0.380 e. The van der Waals surface area contributed by atoms with Gasteiger partial charge in [-0.05, 0) is 24.2 Å². The van der Waals surface area contributed by atoms with Crippen LogP contribution in [0.2, 0.25) is 0 Å². The summed E-state index contributed by atoms with van der Waals surface area (Å²) in [5.74, 6) is 0.652. The minimum absolute atomic E-state index is 0.595. The summed E-state index contributed by atoms with van der Waals surface area (Å²) in [6.45, 7) is 10.7. The molecule has 0 aliphatic heterocycles. The van der Waals surface area contributed by atoms with Crippen LogP contribution in [0.25, 0.3) is 0 Å². The monoisotopic (exact) mass is 199 g/mol. The van der Waals surface area contributed by atoms with E-state index < -0.39 is 0 Å². The average Bonchev–Trinajstić information content (AvgIpc) is 2.07. The van der Waals surface area contributed by atoms with Crippen LogP contribution in [0.15, 0.2) is 0 Å². The van der Waals surface area contributed by atoms with Crippen molar-refractivity contribution < 1.29 is 4.74 Å². The summed E-state index contributed by atoms with van der Waals surface area (Å²) in [6, 6.07) is 0. The average molecular weight is 199 g/mol. The molecule has 2 heteroatoms. The van der Waals surface area contributed by atoms with Gasteiger partial charge in [-0.1, -0.05) is 27.2 Å². The molecule has 1 N–H and O–H groups in total. The van der Waals surface area contributed by atoms with E-state index in [2.05, 4.69) is 26.1 Å². The Bertz CT molecular complexity index is 152. The zero-order valence-electron chi connectivity index (χ0n) is 9.94. The van der Waals surface area contributed by atoms with Crippen LogP contribution in [0.4, 0.5) is 0 Å². The highest BCUT2D eigenvalue weighted by Gasteiger charge is 2.30. The van der Waals surface area contributed by atoms with Gasteiger partial charge in [0.1, 0.15) is 0 Å². The molecule has 1 aliphatic rings. The predicted molar refractivity (Wildman–Crippen MR) is 60.5 cm³/mol. The summed E-state index contributed by atoms with van der Waals surface area (Å²) in [6.07, 6.45) is 4.21. The maximum atomic E-state index is 5.50. The van der Waals surface area contributed by atoms with Crippen LogP contribution < -0.4 is 5.32 Å². The Morgan fingerprint density at radius 2 is 2.07 bits per heavy atom. The lowest BCUT2D eigenvalue weighted by atomic mass is 9.70. The highest BCUT2D eigenvalue weighted by atomic mass is 16.5. The fourth-order valence-electron chi connectivity index (χ4n) is 1.81. The Morgan fingerprint density at radius 3 is 2.57 bits per heavy atom. The quantitative estimate of drug-likeness (QED) is 0.636. The van der Waals surface area contributed by atoms with Crippen molar-refractivity contribution in [2.45, 2.75) is 40.0 Å². The van der Waals surface area contributed by atoms with Crippen LogP contribution in [0, 0.1) is 11.3 Å². The largest absolute Gasteiger partial charge is 0.380 e. The van der Waals surface area contributed by atoms with E-state index >= 15 is 0 Å². The van der Waals surface area contributed by atoms with Crippen molar-refractivity contribution in [1.82, 2.24) is 5.32 Å². The van der Waals surface area contributed by atoms with E-state index in [1.54, 1.807) is 0 Å². The van der Waals surface area contributed by atoms with Crippen LogP contribution in [-0.2, 0) is 4.74 Å². The first-order valence-electron chi connectivity index (χ1n) is 5.91. The third kappa shape index (κ3) is 4.43. The molecule has 1 fully saturated rings. The maximum absolute atomic E-state index is 5.50. The lowest BCUT2D eigenvalue weighted by Gasteiger charge is -2.38. The Hall–Kier alpha value is -0.0800. The van der Waals surface area contributed by atoms with Gasteiger partial charge >= 0.3 is 0 Å². The summed E-state index contributed by atoms with van der Waals surface area (Å²) in [7, 11) is 0. The number of ether oxygens (including phenoxy) is 1. The van der Waals surface area contributed by atoms with Gasteiger partial charge in [-0.25, -0.2) is 0 Å². The van der Waals surface area contributed by atoms with Gasteiger partial charge in [0.15, 0.2) is 0 Å². The van der Waals surface area contributed by atoms with Crippen molar-refractivity contribution in [1.29, 1.82) is 0 Å². The Morgan fingerprint density at radius 1 is 1.36 bits per heavy atom. The molecule has 0 bridgehead atoms. The van der Waals surface area contributed by atoms with Crippen molar-refractivity contribution >= 4 is 0 Å². The number of hydrogen-bond acceptors (Lipinski definition) is 2. The summed E-state index contributed by atoms with van der Waals surface area (Å²) < 4.78 is 5.50. The first kappa shape index (κ1) is 12.0. The Kier molecular flexibility index (Phi) is 4.90. The van der Waals surface area contributed by atoms with E-state index in [1.165, 1.54) is 19.3 Å². The molecule has 84 valence electrons. The molecule has 0 spiro atoms. The summed E-state index contributed by atoms with van der Waals surface area (Å²) >= 11 is 0. The van der Waals surface area contributed by atoms with Gasteiger partial charge in [-0.2, -0.15) is 0 Å². The third-order valence-electron chi connectivity index (χ3n) is 2.99. The van der Waals surface area contributed by atoms with Crippen molar-refractivity contribution in [3.8, 4) is 0 Å². The molecule has 2 nitrogen and oxygen atoms in total. The molecule has 0 aromatic heterocycles. The SMILES string of the molecule is CC(C)COCCNCC1(C)CCC1. The molecule has 1 saturated carbocycles. The van der Waals surface area contributed by atoms with Crippen LogP contribution in [0.1, 0.15) is 40.0 Å². The zero-order valence-corrected chi connectivity index (χ0v) is 9.94. The molecule has 0 aromatic rings. The van der Waals surface area contributed by atoms with Gasteiger partial charge < -0.3 is 10.1 Å². The summed E-state index contributed by atoms with van der Waals surface area (Å²) in [5, 5.41) is 3.48. The van der Waals surface area contributed by atoms with Crippen molar-refractivity contribution in [3.05, 3.63) is 0 Å². The lowest BCUT2D eigenvalue weighted by molar-refractivity contribution is 0.103. The van der Waals surface area contributed by atoms with Gasteiger partial charge in [0.05, 0.1) is 6.61 Å². The van der Waals surface area contributed by atoms with Crippen LogP contribution >= 0.6 is 0 Å². The second kappa shape index (κ2) is 5.72. The van der Waals surface area contributed by atoms with Gasteiger partial charge in [0, 0.05) is 19.7 Å². The van der Waals surface area contributed by atoms with Gasteiger partial charge in [0.2, 0.25) is 0 Å². The molecule has 0 radical (unpaired) electrons. The lowest BCUT2D eigenvalue weighted by Crippen LogP contribution is -2.38. The molecule has 1 aliphatic carbocycles. The topological polar surface area (TPSA) is 21.3 Å². The molecular weight excluding hydrogens is 174 g/mol. The van der Waals surface area contributed by atoms with Crippen LogP contribution in [-0.4, -0.2) is 26.3 Å². The van der Waals surface area contributed by atoms with E-state index in [0.717, 1.165) is 26.3 Å². The first-order chi connectivity index (χ1) is 6.62. The zero-order chi connectivity index (χ0) is 10.4. The minimum atomic E-state index is 0.595.